The number of hydrogen-bond acceptors (Lipinski definition) is 6. The molecule has 1 aliphatic carbocycles. The number of benzene rings is 2. The van der Waals surface area contributed by atoms with E-state index in [2.05, 4.69) is 15.6 Å². The Morgan fingerprint density at radius 2 is 1.67 bits per heavy atom. The third kappa shape index (κ3) is 5.94. The molecule has 2 amide bonds. The number of hydrogen-bond donors (Lipinski definition) is 1. The van der Waals surface area contributed by atoms with Gasteiger partial charge in [0.2, 0.25) is 21.8 Å². The summed E-state index contributed by atoms with van der Waals surface area (Å²) in [5.74, 6) is -0.657. The van der Waals surface area contributed by atoms with Crippen molar-refractivity contribution in [1.29, 1.82) is 0 Å². The van der Waals surface area contributed by atoms with Gasteiger partial charge in [0.1, 0.15) is 12.1 Å². The normalized spacial score (nSPS) is 17.2. The van der Waals surface area contributed by atoms with Gasteiger partial charge in [-0.05, 0) is 74.2 Å². The van der Waals surface area contributed by atoms with Crippen molar-refractivity contribution in [3.05, 3.63) is 72.6 Å². The minimum absolute atomic E-state index is 0.0354. The summed E-state index contributed by atoms with van der Waals surface area (Å²) in [6.07, 6.45) is 8.56. The molecule has 6 rings (SSSR count). The molecule has 2 fully saturated rings. The number of nitrogens with one attached hydrogen (secondary N) is 1. The molecule has 0 radical (unpaired) electrons. The molecular weight excluding hydrogens is 566 g/mol. The smallest absolute Gasteiger partial charge is 0.249 e. The van der Waals surface area contributed by atoms with Crippen LogP contribution >= 0.6 is 0 Å². The first-order valence-electron chi connectivity index (χ1n) is 14.9. The fourth-order valence-corrected chi connectivity index (χ4v) is 7.72. The SMILES string of the molecule is Cn1cccc1[C@@H](C(=O)NC1CCCCC1)N(C(=O)Cn1nnc2ccccc21)c1ccc(S(=O)(=O)N2CCCC2)cc1. The van der Waals surface area contributed by atoms with Crippen molar-refractivity contribution in [3.63, 3.8) is 0 Å². The summed E-state index contributed by atoms with van der Waals surface area (Å²) < 4.78 is 31.3. The quantitative estimate of drug-likeness (QED) is 0.311. The van der Waals surface area contributed by atoms with Gasteiger partial charge >= 0.3 is 0 Å². The van der Waals surface area contributed by atoms with E-state index in [-0.39, 0.29) is 29.3 Å². The first-order chi connectivity index (χ1) is 20.8. The Morgan fingerprint density at radius 1 is 0.953 bits per heavy atom. The van der Waals surface area contributed by atoms with Gasteiger partial charge in [0, 0.05) is 38.1 Å². The zero-order chi connectivity index (χ0) is 30.0. The molecule has 0 unspecified atom stereocenters. The monoisotopic (exact) mass is 603 g/mol. The van der Waals surface area contributed by atoms with E-state index >= 15 is 0 Å². The number of fused-ring (bicyclic) bond motifs is 1. The molecule has 2 aliphatic rings. The van der Waals surface area contributed by atoms with Gasteiger partial charge in [-0.1, -0.05) is 36.6 Å². The van der Waals surface area contributed by atoms with Crippen LogP contribution in [0.1, 0.15) is 56.7 Å². The van der Waals surface area contributed by atoms with Gasteiger partial charge in [-0.2, -0.15) is 4.31 Å². The predicted octanol–water partition coefficient (Wildman–Crippen LogP) is 3.78. The van der Waals surface area contributed by atoms with Crippen molar-refractivity contribution in [3.8, 4) is 0 Å². The van der Waals surface area contributed by atoms with Gasteiger partial charge < -0.3 is 9.88 Å². The minimum atomic E-state index is -3.65. The number of anilines is 1. The van der Waals surface area contributed by atoms with Crippen molar-refractivity contribution in [2.24, 2.45) is 7.05 Å². The maximum atomic E-state index is 14.3. The number of nitrogens with zero attached hydrogens (tertiary/aromatic N) is 6. The van der Waals surface area contributed by atoms with E-state index in [0.29, 0.717) is 35.5 Å². The van der Waals surface area contributed by atoms with Gasteiger partial charge in [-0.3, -0.25) is 14.5 Å². The Bertz CT molecular complexity index is 1700. The van der Waals surface area contributed by atoms with Crippen molar-refractivity contribution >= 4 is 38.6 Å². The number of amides is 2. The average molecular weight is 604 g/mol. The summed E-state index contributed by atoms with van der Waals surface area (Å²) in [4.78, 5) is 30.1. The van der Waals surface area contributed by atoms with E-state index in [4.69, 9.17) is 0 Å². The van der Waals surface area contributed by atoms with E-state index in [9.17, 15) is 18.0 Å². The number of para-hydroxylation sites is 1. The number of aryl methyl sites for hydroxylation is 1. The van der Waals surface area contributed by atoms with Crippen LogP contribution in [0.5, 0.6) is 0 Å². The zero-order valence-corrected chi connectivity index (χ0v) is 25.1. The number of carbonyl (C=O) groups excluding carboxylic acids is 2. The van der Waals surface area contributed by atoms with E-state index in [1.807, 2.05) is 54.2 Å². The van der Waals surface area contributed by atoms with Crippen molar-refractivity contribution < 1.29 is 18.0 Å². The third-order valence-corrected chi connectivity index (χ3v) is 10.4. The Morgan fingerprint density at radius 3 is 2.37 bits per heavy atom. The van der Waals surface area contributed by atoms with Crippen LogP contribution in [0.25, 0.3) is 11.0 Å². The highest BCUT2D eigenvalue weighted by atomic mass is 32.2. The second-order valence-electron chi connectivity index (χ2n) is 11.4. The summed E-state index contributed by atoms with van der Waals surface area (Å²) in [5, 5.41) is 11.6. The minimum Gasteiger partial charge on any atom is -0.352 e. The van der Waals surface area contributed by atoms with Crippen LogP contribution in [0.2, 0.25) is 0 Å². The fourth-order valence-electron chi connectivity index (χ4n) is 6.20. The van der Waals surface area contributed by atoms with Gasteiger partial charge in [0.15, 0.2) is 6.04 Å². The maximum Gasteiger partial charge on any atom is 0.249 e. The molecule has 3 heterocycles. The van der Waals surface area contributed by atoms with Crippen LogP contribution in [0.3, 0.4) is 0 Å². The van der Waals surface area contributed by atoms with Crippen LogP contribution in [0.15, 0.2) is 71.8 Å². The standard InChI is InChI=1S/C31H37N7O4S/c1-35-19-9-14-28(35)30(31(40)32-23-10-3-2-4-11-23)38(29(39)22-37-27-13-6-5-12-26(27)33-34-37)24-15-17-25(18-16-24)43(41,42)36-20-7-8-21-36/h5-6,9,12-19,23,30H,2-4,7-8,10-11,20-22H2,1H3,(H,32,40)/t30-/m0/s1. The van der Waals surface area contributed by atoms with Crippen LogP contribution in [0.4, 0.5) is 5.69 Å². The van der Waals surface area contributed by atoms with Crippen molar-refractivity contribution in [2.45, 2.75) is 68.5 Å². The lowest BCUT2D eigenvalue weighted by Gasteiger charge is -2.33. The van der Waals surface area contributed by atoms with Gasteiger partial charge in [-0.15, -0.1) is 5.10 Å². The molecule has 1 aliphatic heterocycles. The van der Waals surface area contributed by atoms with Crippen LogP contribution < -0.4 is 10.2 Å². The molecule has 12 heteroatoms. The number of aromatic nitrogens is 4. The van der Waals surface area contributed by atoms with Gasteiger partial charge in [-0.25, -0.2) is 13.1 Å². The van der Waals surface area contributed by atoms with E-state index < -0.39 is 16.1 Å². The Balaban J connectivity index is 1.40. The predicted molar refractivity (Wildman–Crippen MR) is 163 cm³/mol. The highest BCUT2D eigenvalue weighted by Gasteiger charge is 2.36. The summed E-state index contributed by atoms with van der Waals surface area (Å²) in [5.41, 5.74) is 2.41. The van der Waals surface area contributed by atoms with Gasteiger partial charge in [0.05, 0.1) is 16.1 Å². The highest BCUT2D eigenvalue weighted by Crippen LogP contribution is 2.31. The van der Waals surface area contributed by atoms with Crippen LogP contribution in [-0.4, -0.2) is 63.2 Å². The van der Waals surface area contributed by atoms with Gasteiger partial charge in [0.25, 0.3) is 0 Å². The molecule has 0 bridgehead atoms. The number of rotatable bonds is 9. The molecule has 0 spiro atoms. The highest BCUT2D eigenvalue weighted by molar-refractivity contribution is 7.89. The fraction of sp³-hybridized carbons (Fsp3) is 0.419. The lowest BCUT2D eigenvalue weighted by molar-refractivity contribution is -0.127. The zero-order valence-electron chi connectivity index (χ0n) is 24.3. The molecule has 1 N–H and O–H groups in total. The number of carbonyl (C=O) groups is 2. The summed E-state index contributed by atoms with van der Waals surface area (Å²) >= 11 is 0. The molecule has 2 aromatic heterocycles. The Labute approximate surface area is 251 Å². The summed E-state index contributed by atoms with van der Waals surface area (Å²) in [6.45, 7) is 0.834. The second kappa shape index (κ2) is 12.3. The molecule has 226 valence electrons. The topological polar surface area (TPSA) is 122 Å². The average Bonchev–Trinajstić information content (AvgIpc) is 3.79. The number of sulfonamides is 1. The summed E-state index contributed by atoms with van der Waals surface area (Å²) in [6, 6.07) is 16.4. The Kier molecular flexibility index (Phi) is 8.31. The third-order valence-electron chi connectivity index (χ3n) is 8.51. The van der Waals surface area contributed by atoms with Crippen molar-refractivity contribution in [2.75, 3.05) is 18.0 Å². The molecular formula is C31H37N7O4S. The molecule has 43 heavy (non-hydrogen) atoms. The Hall–Kier alpha value is -4.03. The first-order valence-corrected chi connectivity index (χ1v) is 16.4. The van der Waals surface area contributed by atoms with E-state index in [1.165, 1.54) is 26.0 Å². The largest absolute Gasteiger partial charge is 0.352 e. The lowest BCUT2D eigenvalue weighted by atomic mass is 9.95. The molecule has 1 saturated carbocycles. The molecule has 1 saturated heterocycles. The lowest BCUT2D eigenvalue weighted by Crippen LogP contribution is -2.48. The first kappa shape index (κ1) is 29.1. The molecule has 2 aromatic carbocycles. The molecule has 1 atom stereocenters. The summed E-state index contributed by atoms with van der Waals surface area (Å²) in [7, 11) is -1.81. The molecule has 11 nitrogen and oxygen atoms in total. The maximum absolute atomic E-state index is 14.3. The van der Waals surface area contributed by atoms with Crippen molar-refractivity contribution in [1.82, 2.24) is 29.2 Å². The van der Waals surface area contributed by atoms with Crippen LogP contribution in [-0.2, 0) is 33.2 Å². The van der Waals surface area contributed by atoms with E-state index in [0.717, 1.165) is 44.9 Å². The van der Waals surface area contributed by atoms with E-state index in [1.54, 1.807) is 12.1 Å². The van der Waals surface area contributed by atoms with Crippen LogP contribution in [0, 0.1) is 0 Å². The second-order valence-corrected chi connectivity index (χ2v) is 13.3. The molecule has 4 aromatic rings.